The zero-order valence-electron chi connectivity index (χ0n) is 13.8. The Balaban J connectivity index is 1.37. The summed E-state index contributed by atoms with van der Waals surface area (Å²) in [5, 5.41) is 10.9. The number of nitrogens with one attached hydrogen (secondary N) is 2. The van der Waals surface area contributed by atoms with Crippen LogP contribution in [0.4, 0.5) is 0 Å². The van der Waals surface area contributed by atoms with Crippen LogP contribution in [0.25, 0.3) is 0 Å². The predicted octanol–water partition coefficient (Wildman–Crippen LogP) is 0.960. The number of aromatic nitrogens is 2. The molecule has 2 N–H and O–H groups in total. The Morgan fingerprint density at radius 2 is 2.18 bits per heavy atom. The van der Waals surface area contributed by atoms with Gasteiger partial charge in [-0.2, -0.15) is 5.10 Å². The summed E-state index contributed by atoms with van der Waals surface area (Å²) >= 11 is 0. The molecule has 0 aliphatic heterocycles. The number of guanidine groups is 1. The number of aryl methyl sites for hydroxylation is 1. The molecule has 1 aromatic rings. The zero-order valence-corrected chi connectivity index (χ0v) is 13.8. The van der Waals surface area contributed by atoms with Crippen molar-refractivity contribution in [3.63, 3.8) is 0 Å². The molecule has 1 heterocycles. The lowest BCUT2D eigenvalue weighted by atomic mass is 10.3. The van der Waals surface area contributed by atoms with E-state index in [9.17, 15) is 0 Å². The Labute approximate surface area is 133 Å². The second-order valence-electron chi connectivity index (χ2n) is 6.47. The minimum atomic E-state index is 0.741. The van der Waals surface area contributed by atoms with Gasteiger partial charge in [-0.05, 0) is 37.7 Å². The third-order valence-electron chi connectivity index (χ3n) is 4.53. The lowest BCUT2D eigenvalue weighted by Gasteiger charge is -2.22. The van der Waals surface area contributed by atoms with Gasteiger partial charge < -0.3 is 10.6 Å². The molecule has 0 bridgehead atoms. The maximum absolute atomic E-state index is 4.29. The van der Waals surface area contributed by atoms with Gasteiger partial charge in [0.1, 0.15) is 0 Å². The van der Waals surface area contributed by atoms with Crippen LogP contribution in [0.5, 0.6) is 0 Å². The lowest BCUT2D eigenvalue weighted by molar-refractivity contribution is 0.256. The molecule has 0 aromatic carbocycles. The topological polar surface area (TPSA) is 57.5 Å². The van der Waals surface area contributed by atoms with E-state index in [0.29, 0.717) is 0 Å². The van der Waals surface area contributed by atoms with E-state index in [1.165, 1.54) is 32.2 Å². The van der Waals surface area contributed by atoms with Crippen molar-refractivity contribution < 1.29 is 0 Å². The van der Waals surface area contributed by atoms with Crippen LogP contribution >= 0.6 is 0 Å². The number of aliphatic imine (C=N–C) groups is 1. The van der Waals surface area contributed by atoms with Crippen LogP contribution < -0.4 is 10.6 Å². The van der Waals surface area contributed by atoms with E-state index in [0.717, 1.165) is 43.2 Å². The first-order valence-corrected chi connectivity index (χ1v) is 8.41. The van der Waals surface area contributed by atoms with Crippen LogP contribution in [0.3, 0.4) is 0 Å². The van der Waals surface area contributed by atoms with Crippen LogP contribution in [-0.4, -0.2) is 53.4 Å². The number of hydrogen-bond donors (Lipinski definition) is 2. The first kappa shape index (κ1) is 15.3. The molecule has 0 saturated heterocycles. The van der Waals surface area contributed by atoms with Crippen molar-refractivity contribution in [3.05, 3.63) is 18.0 Å². The van der Waals surface area contributed by atoms with Crippen molar-refractivity contribution in [2.24, 2.45) is 18.0 Å². The van der Waals surface area contributed by atoms with Crippen LogP contribution in [0, 0.1) is 5.92 Å². The third-order valence-corrected chi connectivity index (χ3v) is 4.53. The highest BCUT2D eigenvalue weighted by atomic mass is 15.3. The van der Waals surface area contributed by atoms with Gasteiger partial charge in [-0.1, -0.05) is 0 Å². The van der Waals surface area contributed by atoms with Crippen molar-refractivity contribution >= 4 is 5.96 Å². The van der Waals surface area contributed by atoms with Crippen molar-refractivity contribution in [2.45, 2.75) is 38.3 Å². The first-order valence-electron chi connectivity index (χ1n) is 8.41. The van der Waals surface area contributed by atoms with Gasteiger partial charge in [0.05, 0.1) is 12.2 Å². The van der Waals surface area contributed by atoms with Crippen molar-refractivity contribution in [3.8, 4) is 0 Å². The Bertz CT molecular complexity index is 500. The fraction of sp³-hybridized carbons (Fsp3) is 0.750. The van der Waals surface area contributed by atoms with E-state index in [-0.39, 0.29) is 0 Å². The monoisotopic (exact) mass is 304 g/mol. The average Bonchev–Trinajstić information content (AvgIpc) is 3.42. The molecule has 0 amide bonds. The van der Waals surface area contributed by atoms with E-state index in [2.05, 4.69) is 25.6 Å². The molecule has 0 spiro atoms. The number of nitrogens with zero attached hydrogens (tertiary/aromatic N) is 4. The van der Waals surface area contributed by atoms with Gasteiger partial charge >= 0.3 is 0 Å². The molecular weight excluding hydrogens is 276 g/mol. The summed E-state index contributed by atoms with van der Waals surface area (Å²) < 4.78 is 1.88. The minimum Gasteiger partial charge on any atom is -0.355 e. The van der Waals surface area contributed by atoms with Gasteiger partial charge in [0.25, 0.3) is 0 Å². The van der Waals surface area contributed by atoms with Crippen LogP contribution in [0.1, 0.15) is 31.4 Å². The lowest BCUT2D eigenvalue weighted by Crippen LogP contribution is -2.42. The molecule has 1 aromatic heterocycles. The molecule has 2 fully saturated rings. The van der Waals surface area contributed by atoms with Gasteiger partial charge in [-0.3, -0.25) is 14.6 Å². The number of hydrogen-bond acceptors (Lipinski definition) is 3. The van der Waals surface area contributed by atoms with Gasteiger partial charge in [-0.15, -0.1) is 0 Å². The van der Waals surface area contributed by atoms with Crippen molar-refractivity contribution in [1.82, 2.24) is 25.3 Å². The summed E-state index contributed by atoms with van der Waals surface area (Å²) in [5.74, 6) is 1.84. The minimum absolute atomic E-state index is 0.741. The molecule has 0 radical (unpaired) electrons. The summed E-state index contributed by atoms with van der Waals surface area (Å²) in [6.45, 7) is 4.11. The highest BCUT2D eigenvalue weighted by Gasteiger charge is 2.33. The third kappa shape index (κ3) is 4.47. The Morgan fingerprint density at radius 1 is 1.36 bits per heavy atom. The predicted molar refractivity (Wildman–Crippen MR) is 88.7 cm³/mol. The molecule has 0 unspecified atom stereocenters. The maximum atomic E-state index is 4.29. The van der Waals surface area contributed by atoms with Crippen molar-refractivity contribution in [2.75, 3.05) is 26.7 Å². The molecule has 122 valence electrons. The van der Waals surface area contributed by atoms with E-state index in [1.807, 2.05) is 31.0 Å². The van der Waals surface area contributed by atoms with Crippen LogP contribution in [-0.2, 0) is 13.6 Å². The van der Waals surface area contributed by atoms with E-state index in [4.69, 9.17) is 0 Å². The standard InChI is InChI=1S/C16H28N6/c1-17-16(19-11-15-7-8-20-21(15)2)18-9-10-22(14-5-6-14)12-13-3-4-13/h7-8,13-14H,3-6,9-12H2,1-2H3,(H2,17,18,19). The molecule has 2 aliphatic carbocycles. The quantitative estimate of drug-likeness (QED) is 0.555. The molecule has 2 saturated carbocycles. The SMILES string of the molecule is CN=C(NCCN(CC1CC1)C1CC1)NCc1ccnn1C. The van der Waals surface area contributed by atoms with Crippen molar-refractivity contribution in [1.29, 1.82) is 0 Å². The summed E-state index contributed by atoms with van der Waals surface area (Å²) in [5.41, 5.74) is 1.15. The van der Waals surface area contributed by atoms with Gasteiger partial charge in [-0.25, -0.2) is 0 Å². The van der Waals surface area contributed by atoms with Gasteiger partial charge in [0.15, 0.2) is 5.96 Å². The summed E-state index contributed by atoms with van der Waals surface area (Å²) in [6.07, 6.45) is 7.47. The van der Waals surface area contributed by atoms with E-state index in [1.54, 1.807) is 0 Å². The molecule has 6 heteroatoms. The fourth-order valence-electron chi connectivity index (χ4n) is 2.78. The number of rotatable bonds is 8. The van der Waals surface area contributed by atoms with E-state index >= 15 is 0 Å². The maximum Gasteiger partial charge on any atom is 0.191 e. The molecule has 22 heavy (non-hydrogen) atoms. The fourth-order valence-corrected chi connectivity index (χ4v) is 2.78. The Kier molecular flexibility index (Phi) is 4.97. The van der Waals surface area contributed by atoms with Crippen LogP contribution in [0.2, 0.25) is 0 Å². The molecule has 3 rings (SSSR count). The van der Waals surface area contributed by atoms with E-state index < -0.39 is 0 Å². The van der Waals surface area contributed by atoms with Crippen LogP contribution in [0.15, 0.2) is 17.3 Å². The Hall–Kier alpha value is -1.56. The van der Waals surface area contributed by atoms with Gasteiger partial charge in [0, 0.05) is 46.0 Å². The highest BCUT2D eigenvalue weighted by Crippen LogP contribution is 2.34. The molecule has 6 nitrogen and oxygen atoms in total. The smallest absolute Gasteiger partial charge is 0.191 e. The normalized spacial score (nSPS) is 18.8. The van der Waals surface area contributed by atoms with Gasteiger partial charge in [0.2, 0.25) is 0 Å². The zero-order chi connectivity index (χ0) is 15.4. The average molecular weight is 304 g/mol. The summed E-state index contributed by atoms with van der Waals surface area (Å²) in [4.78, 5) is 6.96. The second-order valence-corrected chi connectivity index (χ2v) is 6.47. The Morgan fingerprint density at radius 3 is 2.77 bits per heavy atom. The molecule has 2 aliphatic rings. The second kappa shape index (κ2) is 7.13. The summed E-state index contributed by atoms with van der Waals surface area (Å²) in [7, 11) is 3.78. The molecule has 0 atom stereocenters. The summed E-state index contributed by atoms with van der Waals surface area (Å²) in [6, 6.07) is 2.87. The highest BCUT2D eigenvalue weighted by molar-refractivity contribution is 5.79. The largest absolute Gasteiger partial charge is 0.355 e. The molecular formula is C16H28N6. The first-order chi connectivity index (χ1) is 10.8.